The van der Waals surface area contributed by atoms with E-state index in [2.05, 4.69) is 15.3 Å². The van der Waals surface area contributed by atoms with E-state index in [4.69, 9.17) is 12.3 Å². The van der Waals surface area contributed by atoms with Crippen molar-refractivity contribution in [1.29, 1.82) is 0 Å². The number of hydrogen-bond donors (Lipinski definition) is 2. The lowest BCUT2D eigenvalue weighted by molar-refractivity contribution is 0.0261. The molecule has 0 amide bonds. The number of alkyl halides is 2. The third-order valence-electron chi connectivity index (χ3n) is 5.45. The van der Waals surface area contributed by atoms with E-state index in [0.29, 0.717) is 14.9 Å². The molecular formula is C20H27F2N5O4S. The summed E-state index contributed by atoms with van der Waals surface area (Å²) in [7, 11) is -4.05. The molecule has 1 aliphatic heterocycles. The van der Waals surface area contributed by atoms with Crippen molar-refractivity contribution in [3.05, 3.63) is 28.2 Å². The van der Waals surface area contributed by atoms with Gasteiger partial charge in [-0.2, -0.15) is 4.98 Å². The largest absolute Gasteiger partial charge is 0.388 e. The van der Waals surface area contributed by atoms with E-state index in [1.54, 1.807) is 0 Å². The number of fused-ring (bicyclic) bond motifs is 1. The van der Waals surface area contributed by atoms with Gasteiger partial charge in [0.25, 0.3) is 12.0 Å². The van der Waals surface area contributed by atoms with E-state index in [-0.39, 0.29) is 24.6 Å². The van der Waals surface area contributed by atoms with Crippen LogP contribution in [0, 0.1) is 0 Å². The number of pyridine rings is 1. The normalized spacial score (nSPS) is 34.6. The average molecular weight is 481 g/mol. The zero-order valence-electron chi connectivity index (χ0n) is 25.9. The van der Waals surface area contributed by atoms with Gasteiger partial charge in [-0.1, -0.05) is 0 Å². The molecule has 0 unspecified atom stereocenters. The minimum absolute atomic E-state index is 0.0955. The van der Waals surface area contributed by atoms with Crippen LogP contribution in [0.1, 0.15) is 69.2 Å². The van der Waals surface area contributed by atoms with Crippen LogP contribution < -0.4 is 10.9 Å². The van der Waals surface area contributed by atoms with Crippen LogP contribution in [0.3, 0.4) is 0 Å². The van der Waals surface area contributed by atoms with Crippen LogP contribution in [-0.2, 0) is 10.0 Å². The van der Waals surface area contributed by atoms with Gasteiger partial charge in [-0.15, -0.1) is 0 Å². The predicted molar refractivity (Wildman–Crippen MR) is 115 cm³/mol. The first-order valence-electron chi connectivity index (χ1n) is 14.1. The van der Waals surface area contributed by atoms with E-state index in [1.165, 1.54) is 0 Å². The van der Waals surface area contributed by atoms with Gasteiger partial charge >= 0.3 is 0 Å². The molecule has 2 aliphatic rings. The fourth-order valence-electron chi connectivity index (χ4n) is 3.81. The van der Waals surface area contributed by atoms with E-state index < -0.39 is 89.5 Å². The summed E-state index contributed by atoms with van der Waals surface area (Å²) in [6, 6.07) is -3.90. The summed E-state index contributed by atoms with van der Waals surface area (Å²) in [6.45, 7) is -4.87. The molecule has 2 fully saturated rings. The number of anilines is 1. The SMILES string of the molecule is [2H]C(F)(F)c1cc2cnc(NC3([2H])C([2H])([2H])CN(S(C)(=O)=O)CC3([2H])[2H])nc2n([C@H]2CCC[C@@]2(O)C([2H])([2H])[2H])c1=O. The Hall–Kier alpha value is -2.18. The molecule has 0 radical (unpaired) electrons. The van der Waals surface area contributed by atoms with E-state index in [1.807, 2.05) is 0 Å². The summed E-state index contributed by atoms with van der Waals surface area (Å²) >= 11 is 0. The number of halogens is 2. The van der Waals surface area contributed by atoms with Crippen molar-refractivity contribution in [2.45, 2.75) is 62.9 Å². The van der Waals surface area contributed by atoms with Crippen molar-refractivity contribution < 1.29 is 34.6 Å². The highest BCUT2D eigenvalue weighted by Gasteiger charge is 2.40. The maximum Gasteiger partial charge on any atom is 0.269 e. The molecule has 3 heterocycles. The van der Waals surface area contributed by atoms with E-state index >= 15 is 0 Å². The topological polar surface area (TPSA) is 117 Å². The maximum atomic E-state index is 14.1. The Morgan fingerprint density at radius 1 is 1.47 bits per heavy atom. The fourth-order valence-corrected chi connectivity index (χ4v) is 4.40. The molecule has 0 bridgehead atoms. The Kier molecular flexibility index (Phi) is 3.68. The smallest absolute Gasteiger partial charge is 0.269 e. The Bertz CT molecular complexity index is 1530. The van der Waals surface area contributed by atoms with Gasteiger partial charge in [0.1, 0.15) is 7.02 Å². The number of aliphatic hydroxyl groups is 1. The maximum absolute atomic E-state index is 14.1. The number of hydrogen-bond acceptors (Lipinski definition) is 7. The lowest BCUT2D eigenvalue weighted by Crippen LogP contribution is -2.42. The van der Waals surface area contributed by atoms with Crippen molar-refractivity contribution in [3.8, 4) is 0 Å². The van der Waals surface area contributed by atoms with Crippen LogP contribution in [0.2, 0.25) is 0 Å². The second kappa shape index (κ2) is 8.31. The first-order valence-corrected chi connectivity index (χ1v) is 11.5. The molecule has 2 N–H and O–H groups in total. The van der Waals surface area contributed by atoms with Crippen LogP contribution in [0.4, 0.5) is 14.7 Å². The molecule has 0 spiro atoms. The molecule has 0 aromatic carbocycles. The zero-order chi connectivity index (χ0) is 31.2. The van der Waals surface area contributed by atoms with Crippen molar-refractivity contribution >= 4 is 27.0 Å². The number of sulfonamides is 1. The number of nitrogens with zero attached hydrogens (tertiary/aromatic N) is 4. The van der Waals surface area contributed by atoms with Gasteiger partial charge in [-0.25, -0.2) is 26.5 Å². The molecular weight excluding hydrogens is 444 g/mol. The Balaban J connectivity index is 1.92. The molecule has 2 atom stereocenters. The Labute approximate surface area is 197 Å². The predicted octanol–water partition coefficient (Wildman–Crippen LogP) is 2.04. The standard InChI is InChI=1S/C20H27F2N5O4S/c1-20(29)7-3-4-15(20)27-17-12(10-14(16(21)22)18(27)28)11-23-19(25-17)24-13-5-8-26(9-6-13)32(2,30)31/h10-11,13,15-16,29H,3-9H2,1-2H3,(H,23,24,25)/t15-,20-/m0/s1/i1D3,5D2,6D2,13D,16D. The number of rotatable bonds is 5. The van der Waals surface area contributed by atoms with Gasteiger partial charge in [-0.05, 0) is 44.9 Å². The molecule has 32 heavy (non-hydrogen) atoms. The summed E-state index contributed by atoms with van der Waals surface area (Å²) in [5.74, 6) is -0.665. The van der Waals surface area contributed by atoms with Gasteiger partial charge in [0.2, 0.25) is 16.0 Å². The average Bonchev–Trinajstić information content (AvgIpc) is 3.18. The summed E-state index contributed by atoms with van der Waals surface area (Å²) in [4.78, 5) is 21.2. The highest BCUT2D eigenvalue weighted by molar-refractivity contribution is 7.88. The summed E-state index contributed by atoms with van der Waals surface area (Å²) < 4.78 is 126. The Morgan fingerprint density at radius 2 is 2.19 bits per heavy atom. The monoisotopic (exact) mass is 480 g/mol. The summed E-state index contributed by atoms with van der Waals surface area (Å²) in [5.41, 5.74) is -5.88. The second-order valence-corrected chi connectivity index (χ2v) is 9.67. The quantitative estimate of drug-likeness (QED) is 0.672. The lowest BCUT2D eigenvalue weighted by atomic mass is 9.99. The molecule has 12 heteroatoms. The van der Waals surface area contributed by atoms with E-state index in [9.17, 15) is 27.1 Å². The van der Waals surface area contributed by atoms with Crippen molar-refractivity contribution in [1.82, 2.24) is 18.8 Å². The fraction of sp³-hybridized carbons (Fsp3) is 0.650. The molecule has 176 valence electrons. The van der Waals surface area contributed by atoms with Crippen molar-refractivity contribution in [3.63, 3.8) is 0 Å². The highest BCUT2D eigenvalue weighted by atomic mass is 32.2. The molecule has 2 aromatic rings. The summed E-state index contributed by atoms with van der Waals surface area (Å²) in [5, 5.41) is 13.1. The van der Waals surface area contributed by atoms with Crippen LogP contribution in [0.5, 0.6) is 0 Å². The van der Waals surface area contributed by atoms with Gasteiger partial charge in [0.05, 0.1) is 24.8 Å². The van der Waals surface area contributed by atoms with Gasteiger partial charge in [0, 0.05) is 40.3 Å². The zero-order valence-corrected chi connectivity index (χ0v) is 17.7. The number of aromatic nitrogens is 3. The molecule has 1 saturated heterocycles. The lowest BCUT2D eigenvalue weighted by Gasteiger charge is -2.31. The minimum Gasteiger partial charge on any atom is -0.388 e. The van der Waals surface area contributed by atoms with E-state index in [0.717, 1.165) is 12.5 Å². The third-order valence-corrected chi connectivity index (χ3v) is 6.64. The summed E-state index contributed by atoms with van der Waals surface area (Å²) in [6.07, 6.45) is -8.93. The molecule has 9 nitrogen and oxygen atoms in total. The van der Waals surface area contributed by atoms with Crippen LogP contribution in [-0.4, -0.2) is 63.3 Å². The van der Waals surface area contributed by atoms with Crippen LogP contribution >= 0.6 is 0 Å². The first kappa shape index (κ1) is 14.2. The van der Waals surface area contributed by atoms with Crippen molar-refractivity contribution in [2.75, 3.05) is 24.7 Å². The number of piperidine rings is 1. The van der Waals surface area contributed by atoms with Gasteiger partial charge in [0.15, 0.2) is 0 Å². The van der Waals surface area contributed by atoms with Gasteiger partial charge in [-0.3, -0.25) is 9.36 Å². The molecule has 1 aliphatic carbocycles. The third kappa shape index (κ3) is 4.35. The van der Waals surface area contributed by atoms with Gasteiger partial charge < -0.3 is 10.4 Å². The number of nitrogens with one attached hydrogen (secondary N) is 1. The second-order valence-electron chi connectivity index (χ2n) is 7.68. The molecule has 2 aromatic heterocycles. The molecule has 4 rings (SSSR count). The Morgan fingerprint density at radius 3 is 2.81 bits per heavy atom. The highest BCUT2D eigenvalue weighted by Crippen LogP contribution is 2.39. The first-order chi connectivity index (χ1) is 18.4. The molecule has 1 saturated carbocycles. The van der Waals surface area contributed by atoms with Crippen LogP contribution in [0.25, 0.3) is 11.0 Å². The van der Waals surface area contributed by atoms with Crippen LogP contribution in [0.15, 0.2) is 17.1 Å². The minimum atomic E-state index is -4.43. The van der Waals surface area contributed by atoms with Crippen molar-refractivity contribution in [2.24, 2.45) is 0 Å².